The van der Waals surface area contributed by atoms with Crippen LogP contribution in [0.5, 0.6) is 17.2 Å². The topological polar surface area (TPSA) is 67.4 Å². The van der Waals surface area contributed by atoms with Crippen LogP contribution in [0.2, 0.25) is 0 Å². The van der Waals surface area contributed by atoms with Crippen LogP contribution in [-0.4, -0.2) is 29.3 Å². The summed E-state index contributed by atoms with van der Waals surface area (Å²) in [7, 11) is 3.21. The quantitative estimate of drug-likeness (QED) is 0.767. The van der Waals surface area contributed by atoms with Crippen LogP contribution in [-0.2, 0) is 0 Å². The Morgan fingerprint density at radius 1 is 1.00 bits per heavy atom. The van der Waals surface area contributed by atoms with Crippen molar-refractivity contribution in [1.29, 1.82) is 0 Å². The third kappa shape index (κ3) is 2.14. The second-order valence-corrected chi connectivity index (χ2v) is 4.39. The van der Waals surface area contributed by atoms with Gasteiger partial charge in [0.15, 0.2) is 0 Å². The highest BCUT2D eigenvalue weighted by Crippen LogP contribution is 2.30. The predicted molar refractivity (Wildman–Crippen MR) is 76.3 cm³/mol. The van der Waals surface area contributed by atoms with Gasteiger partial charge in [0.2, 0.25) is 0 Å². The molecule has 2 N–H and O–H groups in total. The van der Waals surface area contributed by atoms with Gasteiger partial charge in [-0.3, -0.25) is 0 Å². The minimum absolute atomic E-state index is 0.205. The van der Waals surface area contributed by atoms with Crippen molar-refractivity contribution >= 4 is 11.0 Å². The lowest BCUT2D eigenvalue weighted by Gasteiger charge is -2.06. The van der Waals surface area contributed by atoms with E-state index in [4.69, 9.17) is 9.47 Å². The van der Waals surface area contributed by atoms with Gasteiger partial charge in [-0.15, -0.1) is 0 Å². The number of methoxy groups -OCH3 is 2. The van der Waals surface area contributed by atoms with E-state index in [1.165, 1.54) is 0 Å². The zero-order chi connectivity index (χ0) is 14.1. The van der Waals surface area contributed by atoms with E-state index in [9.17, 15) is 5.11 Å². The van der Waals surface area contributed by atoms with Crippen molar-refractivity contribution in [2.45, 2.75) is 0 Å². The number of hydrogen-bond acceptors (Lipinski definition) is 4. The summed E-state index contributed by atoms with van der Waals surface area (Å²) >= 11 is 0. The molecule has 3 aromatic rings. The van der Waals surface area contributed by atoms with Gasteiger partial charge in [-0.05, 0) is 24.3 Å². The van der Waals surface area contributed by atoms with E-state index in [0.717, 1.165) is 16.6 Å². The molecule has 2 aromatic carbocycles. The SMILES string of the molecule is COc1cc(OC)cc(-c2nc3ccc(O)cc3[nH]2)c1. The fraction of sp³-hybridized carbons (Fsp3) is 0.133. The minimum atomic E-state index is 0.205. The van der Waals surface area contributed by atoms with Crippen LogP contribution in [0.15, 0.2) is 36.4 Å². The monoisotopic (exact) mass is 270 g/mol. The molecule has 0 aliphatic carbocycles. The maximum Gasteiger partial charge on any atom is 0.138 e. The molecule has 0 amide bonds. The first-order chi connectivity index (χ1) is 9.69. The number of aromatic hydroxyl groups is 1. The van der Waals surface area contributed by atoms with E-state index in [0.29, 0.717) is 17.3 Å². The molecule has 0 unspecified atom stereocenters. The second-order valence-electron chi connectivity index (χ2n) is 4.39. The molecular weight excluding hydrogens is 256 g/mol. The van der Waals surface area contributed by atoms with E-state index >= 15 is 0 Å². The van der Waals surface area contributed by atoms with E-state index in [1.54, 1.807) is 38.5 Å². The first-order valence-corrected chi connectivity index (χ1v) is 6.12. The van der Waals surface area contributed by atoms with Crippen molar-refractivity contribution in [3.05, 3.63) is 36.4 Å². The number of imidazole rings is 1. The van der Waals surface area contributed by atoms with Crippen LogP contribution in [0.3, 0.4) is 0 Å². The number of aromatic nitrogens is 2. The zero-order valence-electron chi connectivity index (χ0n) is 11.2. The average Bonchev–Trinajstić information content (AvgIpc) is 2.89. The molecule has 0 aliphatic heterocycles. The normalized spacial score (nSPS) is 10.7. The van der Waals surface area contributed by atoms with Crippen molar-refractivity contribution in [1.82, 2.24) is 9.97 Å². The molecule has 0 fully saturated rings. The van der Waals surface area contributed by atoms with Crippen molar-refractivity contribution in [3.63, 3.8) is 0 Å². The highest BCUT2D eigenvalue weighted by atomic mass is 16.5. The Balaban J connectivity index is 2.14. The largest absolute Gasteiger partial charge is 0.508 e. The molecule has 5 heteroatoms. The van der Waals surface area contributed by atoms with Gasteiger partial charge in [0.05, 0.1) is 25.3 Å². The Hall–Kier alpha value is -2.69. The molecular formula is C15H14N2O3. The molecule has 0 radical (unpaired) electrons. The highest BCUT2D eigenvalue weighted by Gasteiger charge is 2.09. The Morgan fingerprint density at radius 3 is 2.35 bits per heavy atom. The molecule has 3 rings (SSSR count). The number of nitrogens with one attached hydrogen (secondary N) is 1. The fourth-order valence-corrected chi connectivity index (χ4v) is 2.08. The van der Waals surface area contributed by atoms with Crippen LogP contribution in [0, 0.1) is 0 Å². The number of H-pyrrole nitrogens is 1. The summed E-state index contributed by atoms with van der Waals surface area (Å²) in [6, 6.07) is 10.6. The first-order valence-electron chi connectivity index (χ1n) is 6.12. The van der Waals surface area contributed by atoms with E-state index in [1.807, 2.05) is 12.1 Å². The summed E-state index contributed by atoms with van der Waals surface area (Å²) in [6.07, 6.45) is 0. The maximum atomic E-state index is 9.49. The highest BCUT2D eigenvalue weighted by molar-refractivity contribution is 5.81. The smallest absolute Gasteiger partial charge is 0.138 e. The van der Waals surface area contributed by atoms with Gasteiger partial charge in [0, 0.05) is 17.7 Å². The van der Waals surface area contributed by atoms with Crippen molar-refractivity contribution < 1.29 is 14.6 Å². The van der Waals surface area contributed by atoms with Gasteiger partial charge >= 0.3 is 0 Å². The van der Waals surface area contributed by atoms with Crippen LogP contribution >= 0.6 is 0 Å². The molecule has 0 saturated heterocycles. The third-order valence-corrected chi connectivity index (χ3v) is 3.09. The number of benzene rings is 2. The minimum Gasteiger partial charge on any atom is -0.508 e. The van der Waals surface area contributed by atoms with Gasteiger partial charge in [0.25, 0.3) is 0 Å². The molecule has 0 aliphatic rings. The van der Waals surface area contributed by atoms with Gasteiger partial charge in [-0.1, -0.05) is 0 Å². The molecule has 102 valence electrons. The summed E-state index contributed by atoms with van der Waals surface area (Å²) in [5.41, 5.74) is 2.43. The number of phenols is 1. The third-order valence-electron chi connectivity index (χ3n) is 3.09. The van der Waals surface area contributed by atoms with Crippen LogP contribution < -0.4 is 9.47 Å². The Kier molecular flexibility index (Phi) is 2.95. The molecule has 1 aromatic heterocycles. The summed E-state index contributed by atoms with van der Waals surface area (Å²) in [4.78, 5) is 7.67. The average molecular weight is 270 g/mol. The number of ether oxygens (including phenoxy) is 2. The number of aromatic amines is 1. The number of hydrogen-bond donors (Lipinski definition) is 2. The Labute approximate surface area is 115 Å². The summed E-state index contributed by atoms with van der Waals surface area (Å²) in [6.45, 7) is 0. The Morgan fingerprint density at radius 2 is 1.70 bits per heavy atom. The van der Waals surface area contributed by atoms with Crippen LogP contribution in [0.4, 0.5) is 0 Å². The lowest BCUT2D eigenvalue weighted by molar-refractivity contribution is 0.394. The van der Waals surface area contributed by atoms with Crippen molar-refractivity contribution in [3.8, 4) is 28.6 Å². The lowest BCUT2D eigenvalue weighted by atomic mass is 10.2. The molecule has 0 saturated carbocycles. The number of nitrogens with zero attached hydrogens (tertiary/aromatic N) is 1. The molecule has 0 atom stereocenters. The van der Waals surface area contributed by atoms with Crippen molar-refractivity contribution in [2.75, 3.05) is 14.2 Å². The number of fused-ring (bicyclic) bond motifs is 1. The van der Waals surface area contributed by atoms with E-state index in [2.05, 4.69) is 9.97 Å². The lowest BCUT2D eigenvalue weighted by Crippen LogP contribution is -1.89. The van der Waals surface area contributed by atoms with Gasteiger partial charge in [-0.25, -0.2) is 4.98 Å². The Bertz CT molecular complexity index is 743. The first kappa shape index (κ1) is 12.3. The van der Waals surface area contributed by atoms with E-state index in [-0.39, 0.29) is 5.75 Å². The maximum absolute atomic E-state index is 9.49. The van der Waals surface area contributed by atoms with Gasteiger partial charge in [-0.2, -0.15) is 0 Å². The standard InChI is InChI=1S/C15H14N2O3/c1-19-11-5-9(6-12(8-11)20-2)15-16-13-4-3-10(18)7-14(13)17-15/h3-8,18H,1-2H3,(H,16,17). The van der Waals surface area contributed by atoms with Gasteiger partial charge in [0.1, 0.15) is 23.1 Å². The summed E-state index contributed by atoms with van der Waals surface area (Å²) < 4.78 is 10.5. The second kappa shape index (κ2) is 4.77. The van der Waals surface area contributed by atoms with Gasteiger partial charge < -0.3 is 19.6 Å². The van der Waals surface area contributed by atoms with Crippen molar-refractivity contribution in [2.24, 2.45) is 0 Å². The predicted octanol–water partition coefficient (Wildman–Crippen LogP) is 2.95. The fourth-order valence-electron chi connectivity index (χ4n) is 2.08. The summed E-state index contributed by atoms with van der Waals surface area (Å²) in [5, 5.41) is 9.49. The van der Waals surface area contributed by atoms with Crippen LogP contribution in [0.1, 0.15) is 0 Å². The summed E-state index contributed by atoms with van der Waals surface area (Å²) in [5.74, 6) is 2.30. The van der Waals surface area contributed by atoms with E-state index < -0.39 is 0 Å². The molecule has 20 heavy (non-hydrogen) atoms. The molecule has 0 bridgehead atoms. The van der Waals surface area contributed by atoms with Crippen LogP contribution in [0.25, 0.3) is 22.4 Å². The molecule has 5 nitrogen and oxygen atoms in total. The number of rotatable bonds is 3. The number of phenolic OH excluding ortho intramolecular Hbond substituents is 1. The molecule has 1 heterocycles. The zero-order valence-corrected chi connectivity index (χ0v) is 11.2. The molecule has 0 spiro atoms.